The average molecular weight is 499 g/mol. The monoisotopic (exact) mass is 498 g/mol. The number of sulfonamides is 1. The molecule has 0 aliphatic carbocycles. The van der Waals surface area contributed by atoms with Gasteiger partial charge in [-0.25, -0.2) is 17.5 Å². The van der Waals surface area contributed by atoms with Crippen molar-refractivity contribution in [2.75, 3.05) is 32.7 Å². The summed E-state index contributed by atoms with van der Waals surface area (Å²) in [6.45, 7) is 8.89. The molecule has 0 saturated carbocycles. The first kappa shape index (κ1) is 25.5. The predicted molar refractivity (Wildman–Crippen MR) is 138 cm³/mol. The van der Waals surface area contributed by atoms with Gasteiger partial charge in [-0.3, -0.25) is 4.99 Å². The molecule has 2 aromatic carbocycles. The largest absolute Gasteiger partial charge is 0.371 e. The number of likely N-dealkylation sites (tertiary alicyclic amines) is 1. The minimum absolute atomic E-state index is 0.0689. The Hall–Kier alpha value is -2.55. The number of hydrogen-bond donors (Lipinski definition) is 1. The highest BCUT2D eigenvalue weighted by Gasteiger charge is 2.27. The van der Waals surface area contributed by atoms with Gasteiger partial charge in [-0.1, -0.05) is 30.3 Å². The summed E-state index contributed by atoms with van der Waals surface area (Å²) < 4.78 is 42.2. The summed E-state index contributed by atoms with van der Waals surface area (Å²) in [4.78, 5) is 9.64. The molecule has 6 nitrogen and oxygen atoms in total. The fraction of sp³-hybridized carbons (Fsp3) is 0.444. The third-order valence-electron chi connectivity index (χ3n) is 6.88. The van der Waals surface area contributed by atoms with Gasteiger partial charge in [-0.05, 0) is 82.6 Å². The molecule has 2 aromatic rings. The molecule has 4 rings (SSSR count). The van der Waals surface area contributed by atoms with Crippen LogP contribution in [-0.2, 0) is 10.0 Å². The number of nitrogens with one attached hydrogen (secondary N) is 1. The van der Waals surface area contributed by atoms with Gasteiger partial charge in [0.05, 0.1) is 17.1 Å². The molecule has 1 N–H and O–H groups in total. The van der Waals surface area contributed by atoms with E-state index in [0.717, 1.165) is 56.8 Å². The lowest BCUT2D eigenvalue weighted by Gasteiger charge is -2.35. The lowest BCUT2D eigenvalue weighted by molar-refractivity contribution is 0.200. The van der Waals surface area contributed by atoms with Crippen molar-refractivity contribution in [1.29, 1.82) is 0 Å². The minimum Gasteiger partial charge on any atom is -0.371 e. The summed E-state index contributed by atoms with van der Waals surface area (Å²) >= 11 is 0. The maximum absolute atomic E-state index is 13.3. The van der Waals surface area contributed by atoms with Gasteiger partial charge >= 0.3 is 0 Å². The maximum Gasteiger partial charge on any atom is 0.241 e. The van der Waals surface area contributed by atoms with Gasteiger partial charge in [0.2, 0.25) is 10.0 Å². The zero-order chi connectivity index (χ0) is 24.8. The van der Waals surface area contributed by atoms with Crippen LogP contribution in [-0.4, -0.2) is 56.7 Å². The van der Waals surface area contributed by atoms with E-state index in [9.17, 15) is 12.8 Å². The second-order valence-corrected chi connectivity index (χ2v) is 11.1. The first-order chi connectivity index (χ1) is 16.8. The molecule has 2 aliphatic rings. The normalized spacial score (nSPS) is 18.8. The van der Waals surface area contributed by atoms with Crippen LogP contribution in [0.25, 0.3) is 0 Å². The Bertz CT molecular complexity index is 1140. The summed E-state index contributed by atoms with van der Waals surface area (Å²) in [5, 5.41) is 0. The fourth-order valence-electron chi connectivity index (χ4n) is 4.88. The van der Waals surface area contributed by atoms with E-state index in [1.165, 1.54) is 30.0 Å². The third kappa shape index (κ3) is 6.78. The van der Waals surface area contributed by atoms with Crippen LogP contribution in [0.4, 0.5) is 4.39 Å². The smallest absolute Gasteiger partial charge is 0.241 e. The van der Waals surface area contributed by atoms with Crippen molar-refractivity contribution in [2.45, 2.75) is 44.0 Å². The SMILES string of the molecule is CCN1C=C(C)N=C(C2CCN(CC[C@@H](NS(=O)(=O)c3ccc(F)cc3)c3ccccc3)CC2)C1. The van der Waals surface area contributed by atoms with Crippen molar-refractivity contribution in [1.82, 2.24) is 14.5 Å². The molecule has 0 amide bonds. The zero-order valence-electron chi connectivity index (χ0n) is 20.5. The summed E-state index contributed by atoms with van der Waals surface area (Å²) in [6.07, 6.45) is 4.93. The van der Waals surface area contributed by atoms with Crippen LogP contribution in [0, 0.1) is 11.7 Å². The Labute approximate surface area is 208 Å². The first-order valence-electron chi connectivity index (χ1n) is 12.4. The molecule has 1 saturated heterocycles. The number of benzene rings is 2. The second kappa shape index (κ2) is 11.5. The van der Waals surface area contributed by atoms with Crippen LogP contribution < -0.4 is 4.72 Å². The van der Waals surface area contributed by atoms with Gasteiger partial charge in [0.15, 0.2) is 0 Å². The molecule has 0 spiro atoms. The lowest BCUT2D eigenvalue weighted by atomic mass is 9.90. The highest BCUT2D eigenvalue weighted by Crippen LogP contribution is 2.25. The third-order valence-corrected chi connectivity index (χ3v) is 8.36. The summed E-state index contributed by atoms with van der Waals surface area (Å²) in [6, 6.07) is 14.2. The number of nitrogens with zero attached hydrogens (tertiary/aromatic N) is 3. The molecule has 2 aliphatic heterocycles. The van der Waals surface area contributed by atoms with Crippen molar-refractivity contribution < 1.29 is 12.8 Å². The molecule has 35 heavy (non-hydrogen) atoms. The number of allylic oxidation sites excluding steroid dienone is 1. The molecule has 8 heteroatoms. The van der Waals surface area contributed by atoms with Gasteiger partial charge in [0.1, 0.15) is 5.82 Å². The zero-order valence-corrected chi connectivity index (χ0v) is 21.3. The van der Waals surface area contributed by atoms with Crippen molar-refractivity contribution in [3.8, 4) is 0 Å². The van der Waals surface area contributed by atoms with Crippen LogP contribution in [0.1, 0.15) is 44.7 Å². The molecule has 2 heterocycles. The Morgan fingerprint density at radius 1 is 1.09 bits per heavy atom. The Kier molecular flexibility index (Phi) is 8.36. The average Bonchev–Trinajstić information content (AvgIpc) is 2.87. The quantitative estimate of drug-likeness (QED) is 0.550. The number of halogens is 1. The Morgan fingerprint density at radius 3 is 2.43 bits per heavy atom. The van der Waals surface area contributed by atoms with Gasteiger partial charge in [0, 0.05) is 30.4 Å². The Balaban J connectivity index is 1.38. The van der Waals surface area contributed by atoms with E-state index in [-0.39, 0.29) is 10.9 Å². The van der Waals surface area contributed by atoms with E-state index in [1.807, 2.05) is 30.3 Å². The molecule has 0 radical (unpaired) electrons. The van der Waals surface area contributed by atoms with E-state index in [0.29, 0.717) is 12.3 Å². The highest BCUT2D eigenvalue weighted by molar-refractivity contribution is 7.89. The molecule has 1 atom stereocenters. The van der Waals surface area contributed by atoms with Crippen molar-refractivity contribution in [3.05, 3.63) is 77.9 Å². The van der Waals surface area contributed by atoms with Gasteiger partial charge in [-0.15, -0.1) is 0 Å². The maximum atomic E-state index is 13.3. The predicted octanol–water partition coefficient (Wildman–Crippen LogP) is 4.59. The van der Waals surface area contributed by atoms with Gasteiger partial charge in [0.25, 0.3) is 0 Å². The molecule has 0 aromatic heterocycles. The van der Waals surface area contributed by atoms with Crippen molar-refractivity contribution in [3.63, 3.8) is 0 Å². The summed E-state index contributed by atoms with van der Waals surface area (Å²) in [5.41, 5.74) is 3.29. The first-order valence-corrected chi connectivity index (χ1v) is 13.9. The van der Waals surface area contributed by atoms with E-state index >= 15 is 0 Å². The van der Waals surface area contributed by atoms with Crippen molar-refractivity contribution in [2.24, 2.45) is 10.9 Å². The summed E-state index contributed by atoms with van der Waals surface area (Å²) in [7, 11) is -3.77. The molecule has 188 valence electrons. The fourth-order valence-corrected chi connectivity index (χ4v) is 6.14. The molecular weight excluding hydrogens is 463 g/mol. The molecule has 1 fully saturated rings. The second-order valence-electron chi connectivity index (χ2n) is 9.38. The van der Waals surface area contributed by atoms with Gasteiger partial charge < -0.3 is 9.80 Å². The van der Waals surface area contributed by atoms with Crippen LogP contribution >= 0.6 is 0 Å². The molecule has 0 unspecified atom stereocenters. The van der Waals surface area contributed by atoms with Gasteiger partial charge in [-0.2, -0.15) is 0 Å². The Morgan fingerprint density at radius 2 is 1.77 bits per heavy atom. The number of hydrogen-bond acceptors (Lipinski definition) is 5. The standard InChI is InChI=1S/C27H35FN4O2S/c1-3-31-19-21(2)29-27(20-31)23-13-16-32(17-14-23)18-15-26(22-7-5-4-6-8-22)30-35(33,34)25-11-9-24(28)10-12-25/h4-12,19,23,26,30H,3,13-18,20H2,1-2H3/t26-/m1/s1. The van der Waals surface area contributed by atoms with E-state index in [4.69, 9.17) is 4.99 Å². The van der Waals surface area contributed by atoms with Crippen LogP contribution in [0.2, 0.25) is 0 Å². The molecule has 0 bridgehead atoms. The molecular formula is C27H35FN4O2S. The van der Waals surface area contributed by atoms with E-state index in [2.05, 4.69) is 34.6 Å². The minimum atomic E-state index is -3.77. The van der Waals surface area contributed by atoms with E-state index < -0.39 is 15.8 Å². The topological polar surface area (TPSA) is 65.0 Å². The van der Waals surface area contributed by atoms with Crippen LogP contribution in [0.5, 0.6) is 0 Å². The van der Waals surface area contributed by atoms with Crippen LogP contribution in [0.15, 0.2) is 76.4 Å². The van der Waals surface area contributed by atoms with E-state index in [1.54, 1.807) is 0 Å². The number of piperidine rings is 1. The summed E-state index contributed by atoms with van der Waals surface area (Å²) in [5.74, 6) is 0.0468. The number of aliphatic imine (C=N–C) groups is 1. The van der Waals surface area contributed by atoms with Crippen molar-refractivity contribution >= 4 is 15.7 Å². The highest BCUT2D eigenvalue weighted by atomic mass is 32.2. The lowest BCUT2D eigenvalue weighted by Crippen LogP contribution is -2.41. The number of rotatable bonds is 9. The van der Waals surface area contributed by atoms with Crippen LogP contribution in [0.3, 0.4) is 0 Å².